The Morgan fingerprint density at radius 2 is 1.22 bits per heavy atom. The Bertz CT molecular complexity index is 406. The molecule has 128 valence electrons. The highest BCUT2D eigenvalue weighted by molar-refractivity contribution is 5.08. The summed E-state index contributed by atoms with van der Waals surface area (Å²) in [4.78, 5) is 5.22. The van der Waals surface area contributed by atoms with E-state index in [4.69, 9.17) is 0 Å². The van der Waals surface area contributed by atoms with Gasteiger partial charge in [-0.25, -0.2) is 0 Å². The molecule has 0 aromatic heterocycles. The van der Waals surface area contributed by atoms with Gasteiger partial charge in [0.05, 0.1) is 19.8 Å². The summed E-state index contributed by atoms with van der Waals surface area (Å²) in [5, 5.41) is 0. The molecule has 2 rings (SSSR count). The van der Waals surface area contributed by atoms with Gasteiger partial charge in [0, 0.05) is 24.9 Å². The predicted octanol–water partition coefficient (Wildman–Crippen LogP) is 4.26. The fraction of sp³-hybridized carbons (Fsp3) is 0.810. The lowest BCUT2D eigenvalue weighted by Crippen LogP contribution is -2.40. The third-order valence-corrected chi connectivity index (χ3v) is 5.12. The number of hydrogen-bond donors (Lipinski definition) is 0. The van der Waals surface area contributed by atoms with Crippen molar-refractivity contribution >= 4 is 0 Å². The number of nitrogens with zero attached hydrogens (tertiary/aromatic N) is 2. The maximum atomic E-state index is 3.41. The van der Waals surface area contributed by atoms with Gasteiger partial charge in [0.2, 0.25) is 0 Å². The first kappa shape index (κ1) is 18.4. The Labute approximate surface area is 144 Å². The van der Waals surface area contributed by atoms with Crippen LogP contribution in [0.15, 0.2) is 0 Å². The molecule has 0 aromatic rings. The van der Waals surface area contributed by atoms with Crippen molar-refractivity contribution in [2.75, 3.05) is 19.8 Å². The third kappa shape index (κ3) is 5.87. The molecule has 2 heteroatoms. The monoisotopic (exact) mass is 314 g/mol. The van der Waals surface area contributed by atoms with Crippen molar-refractivity contribution < 1.29 is 0 Å². The first-order valence-corrected chi connectivity index (χ1v) is 9.76. The summed E-state index contributed by atoms with van der Waals surface area (Å²) in [6.45, 7) is 7.43. The molecule has 1 aliphatic heterocycles. The van der Waals surface area contributed by atoms with Crippen LogP contribution in [0.3, 0.4) is 0 Å². The maximum Gasteiger partial charge on any atom is 0.0616 e. The molecule has 0 N–H and O–H groups in total. The molecule has 0 radical (unpaired) electrons. The molecule has 0 bridgehead atoms. The van der Waals surface area contributed by atoms with Crippen LogP contribution in [-0.4, -0.2) is 41.6 Å². The highest BCUT2D eigenvalue weighted by Gasteiger charge is 2.40. The van der Waals surface area contributed by atoms with E-state index in [0.717, 1.165) is 44.7 Å². The van der Waals surface area contributed by atoms with Gasteiger partial charge in [0.1, 0.15) is 0 Å². The minimum Gasteiger partial charge on any atom is -0.275 e. The van der Waals surface area contributed by atoms with Crippen molar-refractivity contribution in [3.8, 4) is 23.7 Å². The zero-order chi connectivity index (χ0) is 16.3. The average molecular weight is 315 g/mol. The lowest BCUT2D eigenvalue weighted by atomic mass is 9.90. The number of hydrogen-bond acceptors (Lipinski definition) is 2. The van der Waals surface area contributed by atoms with Gasteiger partial charge in [-0.05, 0) is 25.7 Å². The van der Waals surface area contributed by atoms with Gasteiger partial charge in [0.25, 0.3) is 0 Å². The molecule has 1 saturated heterocycles. The highest BCUT2D eigenvalue weighted by atomic mass is 15.4. The first-order chi connectivity index (χ1) is 11.4. The van der Waals surface area contributed by atoms with E-state index in [1.807, 2.05) is 0 Å². The molecule has 1 aliphatic carbocycles. The van der Waals surface area contributed by atoms with Crippen LogP contribution in [0.5, 0.6) is 0 Å². The predicted molar refractivity (Wildman–Crippen MR) is 98.9 cm³/mol. The van der Waals surface area contributed by atoms with Gasteiger partial charge in [-0.1, -0.05) is 51.4 Å². The lowest BCUT2D eigenvalue weighted by molar-refractivity contribution is 0.219. The van der Waals surface area contributed by atoms with Gasteiger partial charge in [-0.15, -0.1) is 11.8 Å². The quantitative estimate of drug-likeness (QED) is 0.534. The molecule has 0 aromatic carbocycles. The topological polar surface area (TPSA) is 6.48 Å². The summed E-state index contributed by atoms with van der Waals surface area (Å²) in [7, 11) is 0. The average Bonchev–Trinajstić information content (AvgIpc) is 2.93. The standard InChI is InChI=1S/C21H34N2/c1-3-5-7-9-13-17-22-19-23(18-14-10-8-6-4-2)21-16-12-11-15-20(21)22/h20-21H,3-8,11-12,15-19H2,1-2H3. The maximum absolute atomic E-state index is 3.41. The van der Waals surface area contributed by atoms with Crippen LogP contribution >= 0.6 is 0 Å². The molecule has 23 heavy (non-hydrogen) atoms. The second-order valence-electron chi connectivity index (χ2n) is 6.97. The van der Waals surface area contributed by atoms with Gasteiger partial charge < -0.3 is 0 Å². The van der Waals surface area contributed by atoms with Gasteiger partial charge in [-0.3, -0.25) is 9.80 Å². The summed E-state index contributed by atoms with van der Waals surface area (Å²) in [6.07, 6.45) is 12.5. The van der Waals surface area contributed by atoms with Gasteiger partial charge in [0.15, 0.2) is 0 Å². The van der Waals surface area contributed by atoms with Crippen LogP contribution in [0.4, 0.5) is 0 Å². The van der Waals surface area contributed by atoms with E-state index in [9.17, 15) is 0 Å². The highest BCUT2D eigenvalue weighted by Crippen LogP contribution is 2.32. The minimum absolute atomic E-state index is 0.724. The Hall–Kier alpha value is -0.960. The third-order valence-electron chi connectivity index (χ3n) is 5.12. The largest absolute Gasteiger partial charge is 0.275 e. The fourth-order valence-electron chi connectivity index (χ4n) is 3.74. The van der Waals surface area contributed by atoms with Gasteiger partial charge >= 0.3 is 0 Å². The van der Waals surface area contributed by atoms with Crippen LogP contribution in [-0.2, 0) is 0 Å². The Morgan fingerprint density at radius 1 is 0.739 bits per heavy atom. The number of fused-ring (bicyclic) bond motifs is 1. The van der Waals surface area contributed by atoms with Crippen molar-refractivity contribution in [1.29, 1.82) is 0 Å². The Morgan fingerprint density at radius 3 is 1.65 bits per heavy atom. The summed E-state index contributed by atoms with van der Waals surface area (Å²) in [6, 6.07) is 1.45. The molecular formula is C21H34N2. The fourth-order valence-corrected chi connectivity index (χ4v) is 3.74. The summed E-state index contributed by atoms with van der Waals surface area (Å²) < 4.78 is 0. The van der Waals surface area contributed by atoms with Crippen molar-refractivity contribution in [2.45, 2.75) is 90.1 Å². The van der Waals surface area contributed by atoms with E-state index in [0.29, 0.717) is 0 Å². The zero-order valence-electron chi connectivity index (χ0n) is 15.2. The first-order valence-electron chi connectivity index (χ1n) is 9.76. The molecule has 0 spiro atoms. The van der Waals surface area contributed by atoms with E-state index in [1.54, 1.807) is 0 Å². The van der Waals surface area contributed by atoms with E-state index in [-0.39, 0.29) is 0 Å². The van der Waals surface area contributed by atoms with Crippen LogP contribution < -0.4 is 0 Å². The molecule has 2 aliphatic rings. The summed E-state index contributed by atoms with van der Waals surface area (Å²) >= 11 is 0. The number of unbranched alkanes of at least 4 members (excludes halogenated alkanes) is 4. The molecule has 2 atom stereocenters. The lowest BCUT2D eigenvalue weighted by Gasteiger charge is -2.31. The Balaban J connectivity index is 1.85. The molecule has 2 unspecified atom stereocenters. The van der Waals surface area contributed by atoms with Crippen molar-refractivity contribution in [2.24, 2.45) is 0 Å². The second-order valence-corrected chi connectivity index (χ2v) is 6.97. The smallest absolute Gasteiger partial charge is 0.0616 e. The van der Waals surface area contributed by atoms with Crippen LogP contribution in [0.1, 0.15) is 78.1 Å². The molecule has 2 nitrogen and oxygen atoms in total. The van der Waals surface area contributed by atoms with E-state index < -0.39 is 0 Å². The van der Waals surface area contributed by atoms with Crippen LogP contribution in [0.25, 0.3) is 0 Å². The molecule has 1 heterocycles. The number of rotatable bonds is 6. The molecular weight excluding hydrogens is 280 g/mol. The second kappa shape index (κ2) is 10.7. The van der Waals surface area contributed by atoms with Gasteiger partial charge in [-0.2, -0.15) is 0 Å². The van der Waals surface area contributed by atoms with Crippen molar-refractivity contribution in [3.63, 3.8) is 0 Å². The summed E-state index contributed by atoms with van der Waals surface area (Å²) in [5.74, 6) is 13.5. The molecule has 1 saturated carbocycles. The SMILES string of the molecule is CCCCC#CCN1CN(CC#CCCCC)C2CCCCC21. The van der Waals surface area contributed by atoms with E-state index in [2.05, 4.69) is 47.3 Å². The summed E-state index contributed by atoms with van der Waals surface area (Å²) in [5.41, 5.74) is 0. The van der Waals surface area contributed by atoms with Crippen molar-refractivity contribution in [3.05, 3.63) is 0 Å². The molecule has 2 fully saturated rings. The normalized spacial score (nSPS) is 24.4. The van der Waals surface area contributed by atoms with E-state index >= 15 is 0 Å². The van der Waals surface area contributed by atoms with Crippen LogP contribution in [0.2, 0.25) is 0 Å². The van der Waals surface area contributed by atoms with E-state index in [1.165, 1.54) is 51.4 Å². The van der Waals surface area contributed by atoms with Crippen molar-refractivity contribution in [1.82, 2.24) is 9.80 Å². The van der Waals surface area contributed by atoms with Crippen LogP contribution in [0, 0.1) is 23.7 Å². The molecule has 0 amide bonds. The zero-order valence-corrected chi connectivity index (χ0v) is 15.2. The minimum atomic E-state index is 0.724. The Kier molecular flexibility index (Phi) is 8.59.